The number of anilines is 1. The van der Waals surface area contributed by atoms with Crippen molar-refractivity contribution in [2.75, 3.05) is 31.5 Å². The van der Waals surface area contributed by atoms with Crippen molar-refractivity contribution < 1.29 is 0 Å². The smallest absolute Gasteiger partial charge is 0.155 e. The Morgan fingerprint density at radius 2 is 2.05 bits per heavy atom. The van der Waals surface area contributed by atoms with E-state index in [0.29, 0.717) is 0 Å². The van der Waals surface area contributed by atoms with Gasteiger partial charge in [0.25, 0.3) is 0 Å². The predicted molar refractivity (Wildman–Crippen MR) is 91.8 cm³/mol. The monoisotopic (exact) mass is 350 g/mol. The van der Waals surface area contributed by atoms with Crippen molar-refractivity contribution in [3.63, 3.8) is 0 Å². The van der Waals surface area contributed by atoms with Crippen molar-refractivity contribution in [1.82, 2.24) is 14.7 Å². The number of fused-ring (bicyclic) bond motifs is 1. The highest BCUT2D eigenvalue weighted by Crippen LogP contribution is 2.25. The first-order valence-corrected chi connectivity index (χ1v) is 8.62. The fourth-order valence-electron chi connectivity index (χ4n) is 3.03. The van der Waals surface area contributed by atoms with Gasteiger partial charge in [0.1, 0.15) is 0 Å². The van der Waals surface area contributed by atoms with Crippen LogP contribution < -0.4 is 5.32 Å². The third-order valence-electron chi connectivity index (χ3n) is 4.21. The maximum Gasteiger partial charge on any atom is 0.155 e. The lowest BCUT2D eigenvalue weighted by atomic mass is 10.2. The number of likely N-dealkylation sites (tertiary alicyclic amines) is 1. The minimum absolute atomic E-state index is 0.996. The highest BCUT2D eigenvalue weighted by Gasteiger charge is 2.11. The van der Waals surface area contributed by atoms with E-state index in [0.717, 1.165) is 22.4 Å². The van der Waals surface area contributed by atoms with E-state index in [1.54, 1.807) is 0 Å². The van der Waals surface area contributed by atoms with E-state index < -0.39 is 0 Å². The molecule has 0 spiro atoms. The van der Waals surface area contributed by atoms with Gasteiger partial charge in [-0.25, -0.2) is 0 Å². The molecule has 0 radical (unpaired) electrons. The average molecular weight is 351 g/mol. The summed E-state index contributed by atoms with van der Waals surface area (Å²) in [6.07, 6.45) is 5.23. The van der Waals surface area contributed by atoms with Gasteiger partial charge in [0, 0.05) is 23.5 Å². The quantitative estimate of drug-likeness (QED) is 0.807. The van der Waals surface area contributed by atoms with E-state index in [2.05, 4.69) is 49.4 Å². The highest BCUT2D eigenvalue weighted by molar-refractivity contribution is 9.10. The van der Waals surface area contributed by atoms with E-state index in [1.807, 2.05) is 11.7 Å². The molecule has 1 aliphatic rings. The second-order valence-electron chi connectivity index (χ2n) is 5.82. The molecule has 0 saturated carbocycles. The van der Waals surface area contributed by atoms with Crippen molar-refractivity contribution in [1.29, 1.82) is 0 Å². The molecule has 0 unspecified atom stereocenters. The molecular formula is C16H23BrN4. The number of nitrogens with one attached hydrogen (secondary N) is 1. The summed E-state index contributed by atoms with van der Waals surface area (Å²) in [7, 11) is 1.99. The van der Waals surface area contributed by atoms with Crippen LogP contribution in [0.25, 0.3) is 10.9 Å². The molecule has 1 aromatic carbocycles. The van der Waals surface area contributed by atoms with Gasteiger partial charge < -0.3 is 10.2 Å². The van der Waals surface area contributed by atoms with Gasteiger partial charge in [-0.2, -0.15) is 5.10 Å². The van der Waals surface area contributed by atoms with E-state index in [4.69, 9.17) is 0 Å². The number of nitrogens with zero attached hydrogens (tertiary/aromatic N) is 3. The van der Waals surface area contributed by atoms with Crippen LogP contribution in [-0.4, -0.2) is 40.9 Å². The zero-order valence-electron chi connectivity index (χ0n) is 12.6. The Kier molecular flexibility index (Phi) is 4.80. The molecule has 2 heterocycles. The predicted octanol–water partition coefficient (Wildman–Crippen LogP) is 3.62. The SMILES string of the molecule is Cn1nc(NCCCCN2CCCC2)c2ccc(Br)cc21. The van der Waals surface area contributed by atoms with Crippen LogP contribution >= 0.6 is 15.9 Å². The van der Waals surface area contributed by atoms with Gasteiger partial charge in [0.05, 0.1) is 5.52 Å². The van der Waals surface area contributed by atoms with Gasteiger partial charge in [-0.1, -0.05) is 15.9 Å². The second kappa shape index (κ2) is 6.79. The molecule has 3 rings (SSSR count). The van der Waals surface area contributed by atoms with Crippen molar-refractivity contribution in [3.05, 3.63) is 22.7 Å². The molecule has 0 amide bonds. The molecule has 1 aromatic heterocycles. The van der Waals surface area contributed by atoms with E-state index >= 15 is 0 Å². The van der Waals surface area contributed by atoms with Crippen LogP contribution in [0.1, 0.15) is 25.7 Å². The summed E-state index contributed by atoms with van der Waals surface area (Å²) in [5, 5.41) is 9.26. The first-order chi connectivity index (χ1) is 10.2. The van der Waals surface area contributed by atoms with Crippen molar-refractivity contribution >= 4 is 32.7 Å². The number of rotatable bonds is 6. The molecular weight excluding hydrogens is 328 g/mol. The number of hydrogen-bond donors (Lipinski definition) is 1. The van der Waals surface area contributed by atoms with Crippen molar-refractivity contribution in [2.24, 2.45) is 7.05 Å². The van der Waals surface area contributed by atoms with E-state index in [-0.39, 0.29) is 0 Å². The summed E-state index contributed by atoms with van der Waals surface area (Å²) >= 11 is 3.52. The summed E-state index contributed by atoms with van der Waals surface area (Å²) in [4.78, 5) is 2.58. The number of hydrogen-bond acceptors (Lipinski definition) is 3. The van der Waals surface area contributed by atoms with Gasteiger partial charge in [0.15, 0.2) is 5.82 Å². The van der Waals surface area contributed by atoms with E-state index in [1.165, 1.54) is 50.7 Å². The summed E-state index contributed by atoms with van der Waals surface area (Å²) in [5.74, 6) is 1.00. The first kappa shape index (κ1) is 14.9. The third-order valence-corrected chi connectivity index (χ3v) is 4.70. The number of benzene rings is 1. The van der Waals surface area contributed by atoms with Crippen LogP contribution in [0, 0.1) is 0 Å². The normalized spacial score (nSPS) is 15.9. The van der Waals surface area contributed by atoms with Crippen LogP contribution in [0.15, 0.2) is 22.7 Å². The van der Waals surface area contributed by atoms with Gasteiger partial charge in [0.2, 0.25) is 0 Å². The molecule has 114 valence electrons. The van der Waals surface area contributed by atoms with Crippen molar-refractivity contribution in [2.45, 2.75) is 25.7 Å². The molecule has 1 aliphatic heterocycles. The zero-order chi connectivity index (χ0) is 14.7. The Labute approximate surface area is 134 Å². The first-order valence-electron chi connectivity index (χ1n) is 7.82. The number of unbranched alkanes of at least 4 members (excludes halogenated alkanes) is 1. The lowest BCUT2D eigenvalue weighted by Crippen LogP contribution is -2.20. The molecule has 1 saturated heterocycles. The molecule has 0 bridgehead atoms. The fraction of sp³-hybridized carbons (Fsp3) is 0.562. The van der Waals surface area contributed by atoms with Crippen LogP contribution in [0.3, 0.4) is 0 Å². The number of halogens is 1. The summed E-state index contributed by atoms with van der Waals surface area (Å²) in [6, 6.07) is 6.31. The molecule has 21 heavy (non-hydrogen) atoms. The van der Waals surface area contributed by atoms with Crippen molar-refractivity contribution in [3.8, 4) is 0 Å². The zero-order valence-corrected chi connectivity index (χ0v) is 14.2. The molecule has 4 nitrogen and oxygen atoms in total. The Morgan fingerprint density at radius 1 is 1.24 bits per heavy atom. The Balaban J connectivity index is 1.51. The fourth-order valence-corrected chi connectivity index (χ4v) is 3.38. The van der Waals surface area contributed by atoms with Crippen LogP contribution in [0.5, 0.6) is 0 Å². The molecule has 0 aliphatic carbocycles. The van der Waals surface area contributed by atoms with Gasteiger partial charge in [-0.15, -0.1) is 0 Å². The lowest BCUT2D eigenvalue weighted by molar-refractivity contribution is 0.331. The Morgan fingerprint density at radius 3 is 2.86 bits per heavy atom. The minimum atomic E-state index is 0.996. The minimum Gasteiger partial charge on any atom is -0.368 e. The molecule has 1 fully saturated rings. The topological polar surface area (TPSA) is 33.1 Å². The third kappa shape index (κ3) is 3.58. The largest absolute Gasteiger partial charge is 0.368 e. The van der Waals surface area contributed by atoms with Gasteiger partial charge >= 0.3 is 0 Å². The van der Waals surface area contributed by atoms with E-state index in [9.17, 15) is 0 Å². The molecule has 5 heteroatoms. The maximum absolute atomic E-state index is 4.58. The highest BCUT2D eigenvalue weighted by atomic mass is 79.9. The number of aromatic nitrogens is 2. The standard InChI is InChI=1S/C16H23BrN4/c1-20-15-12-13(17)6-7-14(15)16(19-20)18-8-2-3-9-21-10-4-5-11-21/h6-7,12H,2-5,8-11H2,1H3,(H,18,19). The average Bonchev–Trinajstić information content (AvgIpc) is 3.08. The lowest BCUT2D eigenvalue weighted by Gasteiger charge is -2.13. The molecule has 2 aromatic rings. The van der Waals surface area contributed by atoms with Gasteiger partial charge in [-0.3, -0.25) is 4.68 Å². The summed E-state index contributed by atoms with van der Waals surface area (Å²) in [6.45, 7) is 4.84. The second-order valence-corrected chi connectivity index (χ2v) is 6.73. The Bertz CT molecular complexity index is 602. The molecule has 0 atom stereocenters. The van der Waals surface area contributed by atoms with Gasteiger partial charge in [-0.05, 0) is 63.5 Å². The van der Waals surface area contributed by atoms with Crippen LogP contribution in [0.2, 0.25) is 0 Å². The van der Waals surface area contributed by atoms with Crippen LogP contribution in [0.4, 0.5) is 5.82 Å². The summed E-state index contributed by atoms with van der Waals surface area (Å²) < 4.78 is 3.03. The Hall–Kier alpha value is -1.07. The van der Waals surface area contributed by atoms with Crippen LogP contribution in [-0.2, 0) is 7.05 Å². The molecule has 1 N–H and O–H groups in total. The summed E-state index contributed by atoms with van der Waals surface area (Å²) in [5.41, 5.74) is 1.16. The number of aryl methyl sites for hydroxylation is 1. The maximum atomic E-state index is 4.58.